The van der Waals surface area contributed by atoms with Gasteiger partial charge in [-0.1, -0.05) is 12.5 Å². The summed E-state index contributed by atoms with van der Waals surface area (Å²) in [6, 6.07) is 0. The van der Waals surface area contributed by atoms with Crippen molar-refractivity contribution in [1.29, 1.82) is 0 Å². The Morgan fingerprint density at radius 3 is 2.05 bits per heavy atom. The highest BCUT2D eigenvalue weighted by atomic mass is 19.1. The number of rotatable bonds is 4. The van der Waals surface area contributed by atoms with Crippen LogP contribution in [0.15, 0.2) is 11.8 Å². The molecule has 0 aromatic rings. The van der Waals surface area contributed by atoms with Crippen LogP contribution in [0.25, 0.3) is 0 Å². The Morgan fingerprint density at radius 2 is 1.68 bits per heavy atom. The first-order valence-corrected chi connectivity index (χ1v) is 7.01. The molecule has 5 heteroatoms. The van der Waals surface area contributed by atoms with Crippen LogP contribution in [0.3, 0.4) is 0 Å². The predicted molar refractivity (Wildman–Crippen MR) is 72.1 cm³/mol. The standard InChI is InChI=1S/C14H23BF2O2/c1-12(2)13(3,4)19-15(18-12)11(17)10-14(8-9-16)6-5-7-14/h10H,5-9H2,1-4H3. The van der Waals surface area contributed by atoms with Gasteiger partial charge in [0.05, 0.1) is 17.9 Å². The zero-order valence-corrected chi connectivity index (χ0v) is 12.3. The molecule has 2 nitrogen and oxygen atoms in total. The number of hydrogen-bond donors (Lipinski definition) is 0. The van der Waals surface area contributed by atoms with Crippen molar-refractivity contribution in [2.24, 2.45) is 5.41 Å². The van der Waals surface area contributed by atoms with E-state index in [1.807, 2.05) is 27.7 Å². The summed E-state index contributed by atoms with van der Waals surface area (Å²) in [6.45, 7) is 7.15. The zero-order chi connectivity index (χ0) is 14.3. The first-order valence-electron chi connectivity index (χ1n) is 7.01. The van der Waals surface area contributed by atoms with Gasteiger partial charge in [-0.15, -0.1) is 0 Å². The summed E-state index contributed by atoms with van der Waals surface area (Å²) in [6.07, 6.45) is 4.67. The molecule has 1 heterocycles. The van der Waals surface area contributed by atoms with Crippen molar-refractivity contribution in [2.45, 2.75) is 64.6 Å². The van der Waals surface area contributed by atoms with Crippen molar-refractivity contribution in [1.82, 2.24) is 0 Å². The van der Waals surface area contributed by atoms with Crippen LogP contribution in [0, 0.1) is 5.41 Å². The maximum atomic E-state index is 14.3. The van der Waals surface area contributed by atoms with Crippen molar-refractivity contribution in [3.05, 3.63) is 11.8 Å². The minimum Gasteiger partial charge on any atom is -0.398 e. The summed E-state index contributed by atoms with van der Waals surface area (Å²) in [5.74, 6) is 0. The second kappa shape index (κ2) is 4.85. The smallest absolute Gasteiger partial charge is 0.398 e. The van der Waals surface area contributed by atoms with Crippen LogP contribution < -0.4 is 0 Å². The fourth-order valence-corrected chi connectivity index (χ4v) is 2.60. The molecule has 1 aliphatic carbocycles. The minimum atomic E-state index is -0.956. The summed E-state index contributed by atoms with van der Waals surface area (Å²) in [5, 5.41) is 0. The molecule has 1 saturated heterocycles. The zero-order valence-electron chi connectivity index (χ0n) is 12.3. The van der Waals surface area contributed by atoms with E-state index in [1.165, 1.54) is 6.08 Å². The van der Waals surface area contributed by atoms with Gasteiger partial charge in [0.1, 0.15) is 5.73 Å². The van der Waals surface area contributed by atoms with Gasteiger partial charge in [-0.2, -0.15) is 0 Å². The molecule has 0 aromatic carbocycles. The molecule has 0 atom stereocenters. The van der Waals surface area contributed by atoms with Crippen molar-refractivity contribution < 1.29 is 18.1 Å². The second-order valence-corrected chi connectivity index (χ2v) is 6.77. The Hall–Kier alpha value is -0.415. The van der Waals surface area contributed by atoms with Gasteiger partial charge in [-0.25, -0.2) is 4.39 Å². The molecule has 2 aliphatic rings. The molecule has 0 unspecified atom stereocenters. The molecular formula is C14H23BF2O2. The highest BCUT2D eigenvalue weighted by Gasteiger charge is 2.53. The van der Waals surface area contributed by atoms with Gasteiger partial charge in [0.25, 0.3) is 0 Å². The third-order valence-corrected chi connectivity index (χ3v) is 4.86. The van der Waals surface area contributed by atoms with Gasteiger partial charge >= 0.3 is 7.12 Å². The molecule has 0 bridgehead atoms. The van der Waals surface area contributed by atoms with Crippen LogP contribution in [-0.4, -0.2) is 25.0 Å². The first-order chi connectivity index (χ1) is 8.71. The van der Waals surface area contributed by atoms with E-state index in [0.29, 0.717) is 6.42 Å². The summed E-state index contributed by atoms with van der Waals surface area (Å²) in [7, 11) is -0.956. The number of hydrogen-bond acceptors (Lipinski definition) is 2. The first kappa shape index (κ1) is 15.0. The lowest BCUT2D eigenvalue weighted by atomic mass is 9.65. The Morgan fingerprint density at radius 1 is 1.16 bits per heavy atom. The molecular weight excluding hydrogens is 249 g/mol. The van der Waals surface area contributed by atoms with Crippen LogP contribution in [0.1, 0.15) is 53.4 Å². The monoisotopic (exact) mass is 272 g/mol. The fourth-order valence-electron chi connectivity index (χ4n) is 2.60. The largest absolute Gasteiger partial charge is 0.524 e. The lowest BCUT2D eigenvalue weighted by Crippen LogP contribution is -2.41. The predicted octanol–water partition coefficient (Wildman–Crippen LogP) is 4.00. The maximum absolute atomic E-state index is 14.3. The minimum absolute atomic E-state index is 0.317. The summed E-state index contributed by atoms with van der Waals surface area (Å²) < 4.78 is 38.2. The summed E-state index contributed by atoms with van der Waals surface area (Å²) in [4.78, 5) is 0. The topological polar surface area (TPSA) is 18.5 Å². The molecule has 1 aliphatic heterocycles. The number of halogens is 2. The van der Waals surface area contributed by atoms with Crippen LogP contribution >= 0.6 is 0 Å². The third-order valence-electron chi connectivity index (χ3n) is 4.86. The third kappa shape index (κ3) is 2.73. The quantitative estimate of drug-likeness (QED) is 0.720. The molecule has 0 amide bonds. The molecule has 2 fully saturated rings. The van der Waals surface area contributed by atoms with E-state index in [1.54, 1.807) is 0 Å². The normalized spacial score (nSPS) is 28.3. The van der Waals surface area contributed by atoms with E-state index in [0.717, 1.165) is 19.3 Å². The van der Waals surface area contributed by atoms with Crippen molar-refractivity contribution in [3.63, 3.8) is 0 Å². The van der Waals surface area contributed by atoms with Crippen LogP contribution in [0.4, 0.5) is 8.78 Å². The molecule has 19 heavy (non-hydrogen) atoms. The Kier molecular flexibility index (Phi) is 3.82. The molecule has 2 rings (SSSR count). The Bertz CT molecular complexity index is 360. The highest BCUT2D eigenvalue weighted by Crippen LogP contribution is 2.47. The van der Waals surface area contributed by atoms with E-state index in [4.69, 9.17) is 9.31 Å². The van der Waals surface area contributed by atoms with E-state index < -0.39 is 30.7 Å². The van der Waals surface area contributed by atoms with Crippen molar-refractivity contribution >= 4 is 7.12 Å². The van der Waals surface area contributed by atoms with Gasteiger partial charge < -0.3 is 9.31 Å². The maximum Gasteiger partial charge on any atom is 0.524 e. The summed E-state index contributed by atoms with van der Waals surface area (Å²) >= 11 is 0. The Balaban J connectivity index is 2.11. The van der Waals surface area contributed by atoms with Gasteiger partial charge in [-0.3, -0.25) is 4.39 Å². The SMILES string of the molecule is CC1(C)OB(C(F)=CC2(CCF)CCC2)OC1(C)C. The van der Waals surface area contributed by atoms with E-state index in [9.17, 15) is 8.78 Å². The second-order valence-electron chi connectivity index (χ2n) is 6.77. The molecule has 0 radical (unpaired) electrons. The molecule has 0 spiro atoms. The molecule has 108 valence electrons. The van der Waals surface area contributed by atoms with Gasteiger partial charge in [0.2, 0.25) is 0 Å². The van der Waals surface area contributed by atoms with Crippen LogP contribution in [0.2, 0.25) is 0 Å². The van der Waals surface area contributed by atoms with Crippen LogP contribution in [-0.2, 0) is 9.31 Å². The average molecular weight is 272 g/mol. The molecule has 0 N–H and O–H groups in total. The molecule has 0 aromatic heterocycles. The van der Waals surface area contributed by atoms with Crippen molar-refractivity contribution in [2.75, 3.05) is 6.67 Å². The van der Waals surface area contributed by atoms with Gasteiger partial charge in [0, 0.05) is 0 Å². The lowest BCUT2D eigenvalue weighted by Gasteiger charge is -2.39. The number of alkyl halides is 1. The molecule has 1 saturated carbocycles. The van der Waals surface area contributed by atoms with E-state index >= 15 is 0 Å². The van der Waals surface area contributed by atoms with Crippen molar-refractivity contribution in [3.8, 4) is 0 Å². The summed E-state index contributed by atoms with van der Waals surface area (Å²) in [5.41, 5.74) is -1.82. The highest BCUT2D eigenvalue weighted by molar-refractivity contribution is 6.53. The Labute approximate surface area is 114 Å². The van der Waals surface area contributed by atoms with Gasteiger partial charge in [0.15, 0.2) is 0 Å². The van der Waals surface area contributed by atoms with E-state index in [-0.39, 0.29) is 5.41 Å². The fraction of sp³-hybridized carbons (Fsp3) is 0.857. The number of allylic oxidation sites excluding steroid dienone is 1. The van der Waals surface area contributed by atoms with E-state index in [2.05, 4.69) is 0 Å². The van der Waals surface area contributed by atoms with Crippen LogP contribution in [0.5, 0.6) is 0 Å². The van der Waals surface area contributed by atoms with Gasteiger partial charge in [-0.05, 0) is 52.4 Å². The lowest BCUT2D eigenvalue weighted by molar-refractivity contribution is 0.00578. The average Bonchev–Trinajstić information content (AvgIpc) is 2.45.